The molecule has 0 radical (unpaired) electrons. The van der Waals surface area contributed by atoms with Crippen LogP contribution in [0.2, 0.25) is 0 Å². The Morgan fingerprint density at radius 2 is 1.90 bits per heavy atom. The molecule has 1 aromatic heterocycles. The molecule has 0 saturated heterocycles. The fourth-order valence-electron chi connectivity index (χ4n) is 1.83. The third-order valence-corrected chi connectivity index (χ3v) is 3.62. The van der Waals surface area contributed by atoms with Crippen LogP contribution in [-0.4, -0.2) is 24.5 Å². The summed E-state index contributed by atoms with van der Waals surface area (Å²) in [5.74, 6) is 0. The summed E-state index contributed by atoms with van der Waals surface area (Å²) in [4.78, 5) is 0. The third-order valence-electron chi connectivity index (χ3n) is 3.03. The highest BCUT2D eigenvalue weighted by molar-refractivity contribution is 7.92. The monoisotopic (exact) mass is 294 g/mol. The fraction of sp³-hybridized carbons (Fsp3) is 0.308. The summed E-state index contributed by atoms with van der Waals surface area (Å²) in [7, 11) is -1.41. The van der Waals surface area contributed by atoms with Gasteiger partial charge in [0.25, 0.3) is 0 Å². The van der Waals surface area contributed by atoms with Gasteiger partial charge in [-0.25, -0.2) is 8.42 Å². The van der Waals surface area contributed by atoms with E-state index in [-0.39, 0.29) is 0 Å². The van der Waals surface area contributed by atoms with E-state index in [2.05, 4.69) is 15.1 Å². The number of hydrogen-bond donors (Lipinski definition) is 2. The lowest BCUT2D eigenvalue weighted by Crippen LogP contribution is -2.12. The van der Waals surface area contributed by atoms with Crippen LogP contribution in [0.15, 0.2) is 30.5 Å². The first-order valence-electron chi connectivity index (χ1n) is 6.15. The Bertz CT molecular complexity index is 707. The van der Waals surface area contributed by atoms with Gasteiger partial charge in [-0.05, 0) is 19.1 Å². The molecule has 0 aliphatic carbocycles. The van der Waals surface area contributed by atoms with Crippen molar-refractivity contribution in [1.29, 1.82) is 0 Å². The molecule has 0 aliphatic rings. The second-order valence-electron chi connectivity index (χ2n) is 4.65. The Hall–Kier alpha value is -2.02. The number of anilines is 2. The van der Waals surface area contributed by atoms with Crippen LogP contribution in [-0.2, 0) is 23.6 Å². The van der Waals surface area contributed by atoms with Crippen LogP contribution in [0.3, 0.4) is 0 Å². The van der Waals surface area contributed by atoms with Crippen LogP contribution in [0.25, 0.3) is 0 Å². The molecule has 2 aromatic rings. The lowest BCUT2D eigenvalue weighted by atomic mass is 10.2. The molecule has 0 unspecified atom stereocenters. The standard InChI is InChI=1S/C13H18N4O2S/c1-10-11(9-15-17(10)2)8-14-12-6-4-5-7-13(12)16-20(3,18)19/h4-7,9,14,16H,8H2,1-3H3. The summed E-state index contributed by atoms with van der Waals surface area (Å²) < 4.78 is 27.0. The lowest BCUT2D eigenvalue weighted by Gasteiger charge is -2.12. The van der Waals surface area contributed by atoms with Crippen molar-refractivity contribution < 1.29 is 8.42 Å². The average molecular weight is 294 g/mol. The second kappa shape index (κ2) is 5.54. The van der Waals surface area contributed by atoms with Gasteiger partial charge in [0.2, 0.25) is 10.0 Å². The van der Waals surface area contributed by atoms with Gasteiger partial charge in [-0.15, -0.1) is 0 Å². The zero-order chi connectivity index (χ0) is 14.8. The topological polar surface area (TPSA) is 76.0 Å². The van der Waals surface area contributed by atoms with Crippen LogP contribution in [0.1, 0.15) is 11.3 Å². The second-order valence-corrected chi connectivity index (χ2v) is 6.40. The average Bonchev–Trinajstić information content (AvgIpc) is 2.67. The molecular formula is C13H18N4O2S. The molecule has 2 rings (SSSR count). The summed E-state index contributed by atoms with van der Waals surface area (Å²) in [5, 5.41) is 7.40. The molecule has 2 N–H and O–H groups in total. The molecule has 20 heavy (non-hydrogen) atoms. The highest BCUT2D eigenvalue weighted by atomic mass is 32.2. The van der Waals surface area contributed by atoms with Gasteiger partial charge in [0.15, 0.2) is 0 Å². The van der Waals surface area contributed by atoms with Crippen molar-refractivity contribution >= 4 is 21.4 Å². The molecule has 1 heterocycles. The van der Waals surface area contributed by atoms with Crippen LogP contribution in [0.4, 0.5) is 11.4 Å². The number of hydrogen-bond acceptors (Lipinski definition) is 4. The van der Waals surface area contributed by atoms with E-state index in [1.807, 2.05) is 26.1 Å². The van der Waals surface area contributed by atoms with Gasteiger partial charge < -0.3 is 5.32 Å². The number of aromatic nitrogens is 2. The molecule has 0 amide bonds. The maximum Gasteiger partial charge on any atom is 0.229 e. The van der Waals surface area contributed by atoms with E-state index >= 15 is 0 Å². The Balaban J connectivity index is 2.16. The van der Waals surface area contributed by atoms with Crippen LogP contribution in [0.5, 0.6) is 0 Å². The zero-order valence-corrected chi connectivity index (χ0v) is 12.5. The number of para-hydroxylation sites is 2. The quantitative estimate of drug-likeness (QED) is 0.880. The minimum atomic E-state index is -3.29. The number of sulfonamides is 1. The van der Waals surface area contributed by atoms with Crippen LogP contribution >= 0.6 is 0 Å². The number of nitrogens with zero attached hydrogens (tertiary/aromatic N) is 2. The predicted molar refractivity (Wildman–Crippen MR) is 80.2 cm³/mol. The lowest BCUT2D eigenvalue weighted by molar-refractivity contribution is 0.607. The summed E-state index contributed by atoms with van der Waals surface area (Å²) in [6.45, 7) is 2.58. The van der Waals surface area contributed by atoms with Gasteiger partial charge >= 0.3 is 0 Å². The molecule has 0 fully saturated rings. The summed E-state index contributed by atoms with van der Waals surface area (Å²) in [6.07, 6.45) is 2.93. The number of rotatable bonds is 5. The zero-order valence-electron chi connectivity index (χ0n) is 11.7. The van der Waals surface area contributed by atoms with Crippen LogP contribution < -0.4 is 10.0 Å². The number of aryl methyl sites for hydroxylation is 1. The molecule has 0 aliphatic heterocycles. The molecule has 1 aromatic carbocycles. The van der Waals surface area contributed by atoms with Crippen molar-refractivity contribution in [3.05, 3.63) is 41.7 Å². The van der Waals surface area contributed by atoms with Crippen molar-refractivity contribution in [3.8, 4) is 0 Å². The smallest absolute Gasteiger partial charge is 0.229 e. The Kier molecular flexibility index (Phi) is 3.99. The van der Waals surface area contributed by atoms with Gasteiger partial charge in [-0.2, -0.15) is 5.10 Å². The maximum absolute atomic E-state index is 11.3. The van der Waals surface area contributed by atoms with Crippen LogP contribution in [0, 0.1) is 6.92 Å². The van der Waals surface area contributed by atoms with Gasteiger partial charge in [-0.3, -0.25) is 9.40 Å². The fourth-order valence-corrected chi connectivity index (χ4v) is 2.41. The molecule has 0 saturated carbocycles. The molecule has 0 spiro atoms. The summed E-state index contributed by atoms with van der Waals surface area (Å²) in [5.41, 5.74) is 3.42. The van der Waals surface area contributed by atoms with Crippen molar-refractivity contribution in [2.75, 3.05) is 16.3 Å². The summed E-state index contributed by atoms with van der Waals surface area (Å²) >= 11 is 0. The minimum absolute atomic E-state index is 0.538. The van der Waals surface area contributed by atoms with Crippen molar-refractivity contribution in [2.45, 2.75) is 13.5 Å². The first-order chi connectivity index (χ1) is 9.37. The SMILES string of the molecule is Cc1c(CNc2ccccc2NS(C)(=O)=O)cnn1C. The molecule has 7 heteroatoms. The third kappa shape index (κ3) is 3.51. The van der Waals surface area contributed by atoms with Gasteiger partial charge in [0.05, 0.1) is 23.8 Å². The molecule has 6 nitrogen and oxygen atoms in total. The van der Waals surface area contributed by atoms with Crippen molar-refractivity contribution in [3.63, 3.8) is 0 Å². The maximum atomic E-state index is 11.3. The van der Waals surface area contributed by atoms with E-state index < -0.39 is 10.0 Å². The predicted octanol–water partition coefficient (Wildman–Crippen LogP) is 1.71. The molecular weight excluding hydrogens is 276 g/mol. The molecule has 0 atom stereocenters. The highest BCUT2D eigenvalue weighted by Gasteiger charge is 2.08. The number of nitrogens with one attached hydrogen (secondary N) is 2. The van der Waals surface area contributed by atoms with Crippen molar-refractivity contribution in [2.24, 2.45) is 7.05 Å². The first-order valence-corrected chi connectivity index (χ1v) is 8.04. The van der Waals surface area contributed by atoms with E-state index in [1.54, 1.807) is 23.0 Å². The van der Waals surface area contributed by atoms with Gasteiger partial charge in [0.1, 0.15) is 0 Å². The Morgan fingerprint density at radius 3 is 2.45 bits per heavy atom. The minimum Gasteiger partial charge on any atom is -0.379 e. The Morgan fingerprint density at radius 1 is 1.25 bits per heavy atom. The first kappa shape index (κ1) is 14.4. The molecule has 0 bridgehead atoms. The van der Waals surface area contributed by atoms with E-state index in [0.29, 0.717) is 12.2 Å². The van der Waals surface area contributed by atoms with E-state index in [4.69, 9.17) is 0 Å². The van der Waals surface area contributed by atoms with E-state index in [1.165, 1.54) is 0 Å². The Labute approximate surface area is 118 Å². The van der Waals surface area contributed by atoms with E-state index in [9.17, 15) is 8.42 Å². The van der Waals surface area contributed by atoms with Gasteiger partial charge in [0, 0.05) is 24.8 Å². The molecule has 108 valence electrons. The number of benzene rings is 1. The summed E-state index contributed by atoms with van der Waals surface area (Å²) in [6, 6.07) is 7.19. The highest BCUT2D eigenvalue weighted by Crippen LogP contribution is 2.22. The normalized spacial score (nSPS) is 11.3. The van der Waals surface area contributed by atoms with Crippen molar-refractivity contribution in [1.82, 2.24) is 9.78 Å². The van der Waals surface area contributed by atoms with E-state index in [0.717, 1.165) is 23.2 Å². The largest absolute Gasteiger partial charge is 0.379 e. The van der Waals surface area contributed by atoms with Gasteiger partial charge in [-0.1, -0.05) is 12.1 Å².